The summed E-state index contributed by atoms with van der Waals surface area (Å²) in [5, 5.41) is 2.96. The highest BCUT2D eigenvalue weighted by molar-refractivity contribution is 7.98. The molecule has 0 spiro atoms. The molecule has 1 amide bonds. The van der Waals surface area contributed by atoms with Gasteiger partial charge in [0.25, 0.3) is 0 Å². The molecule has 122 valence electrons. The van der Waals surface area contributed by atoms with Crippen LogP contribution in [0.3, 0.4) is 0 Å². The lowest BCUT2D eigenvalue weighted by Crippen LogP contribution is -2.31. The number of benzene rings is 2. The van der Waals surface area contributed by atoms with Gasteiger partial charge in [-0.15, -0.1) is 11.8 Å². The number of likely N-dealkylation sites (N-methyl/N-ethyl adjacent to an activating group) is 1. The number of hydrogen-bond donors (Lipinski definition) is 1. The van der Waals surface area contributed by atoms with E-state index < -0.39 is 0 Å². The second-order valence-electron chi connectivity index (χ2n) is 5.61. The first kappa shape index (κ1) is 17.6. The number of anilines is 1. The zero-order chi connectivity index (χ0) is 16.5. The van der Waals surface area contributed by atoms with Crippen LogP contribution in [0, 0.1) is 0 Å². The third-order valence-corrected chi connectivity index (χ3v) is 4.34. The van der Waals surface area contributed by atoms with Crippen molar-refractivity contribution >= 4 is 23.4 Å². The highest BCUT2D eigenvalue weighted by Crippen LogP contribution is 2.18. The molecule has 1 N–H and O–H groups in total. The zero-order valence-electron chi connectivity index (χ0n) is 13.8. The second-order valence-corrected chi connectivity index (χ2v) is 6.49. The van der Waals surface area contributed by atoms with Crippen LogP contribution in [0.1, 0.15) is 12.0 Å². The summed E-state index contributed by atoms with van der Waals surface area (Å²) in [4.78, 5) is 15.3. The average Bonchev–Trinajstić information content (AvgIpc) is 2.56. The van der Waals surface area contributed by atoms with Gasteiger partial charge in [0.05, 0.1) is 6.54 Å². The molecule has 0 bridgehead atoms. The SMILES string of the molecule is CSc1cccc(NC(=O)CN(C)CCCc2ccccc2)c1. The van der Waals surface area contributed by atoms with Gasteiger partial charge in [-0.2, -0.15) is 0 Å². The van der Waals surface area contributed by atoms with E-state index in [1.165, 1.54) is 5.56 Å². The topological polar surface area (TPSA) is 32.3 Å². The standard InChI is InChI=1S/C19H24N2OS/c1-21(13-7-10-16-8-4-3-5-9-16)15-19(22)20-17-11-6-12-18(14-17)23-2/h3-6,8-9,11-12,14H,7,10,13,15H2,1-2H3,(H,20,22). The number of carbonyl (C=O) groups is 1. The largest absolute Gasteiger partial charge is 0.325 e. The van der Waals surface area contributed by atoms with E-state index in [2.05, 4.69) is 34.5 Å². The predicted octanol–water partition coefficient (Wildman–Crippen LogP) is 3.91. The Labute approximate surface area is 143 Å². The van der Waals surface area contributed by atoms with Crippen LogP contribution in [-0.4, -0.2) is 37.2 Å². The molecule has 0 atom stereocenters. The van der Waals surface area contributed by atoms with Crippen LogP contribution >= 0.6 is 11.8 Å². The smallest absolute Gasteiger partial charge is 0.238 e. The number of carbonyl (C=O) groups excluding carboxylic acids is 1. The summed E-state index contributed by atoms with van der Waals surface area (Å²) in [6, 6.07) is 18.4. The van der Waals surface area contributed by atoms with Crippen LogP contribution in [0.4, 0.5) is 5.69 Å². The molecule has 0 heterocycles. The number of rotatable bonds is 8. The number of amides is 1. The maximum atomic E-state index is 12.1. The number of aryl methyl sites for hydroxylation is 1. The van der Waals surface area contributed by atoms with E-state index in [1.807, 2.05) is 43.6 Å². The average molecular weight is 328 g/mol. The minimum Gasteiger partial charge on any atom is -0.325 e. The van der Waals surface area contributed by atoms with Gasteiger partial charge < -0.3 is 5.32 Å². The lowest BCUT2D eigenvalue weighted by molar-refractivity contribution is -0.117. The molecule has 4 heteroatoms. The van der Waals surface area contributed by atoms with Gasteiger partial charge in [0.1, 0.15) is 0 Å². The molecule has 0 aliphatic rings. The van der Waals surface area contributed by atoms with E-state index >= 15 is 0 Å². The summed E-state index contributed by atoms with van der Waals surface area (Å²) in [6.45, 7) is 1.32. The summed E-state index contributed by atoms with van der Waals surface area (Å²) in [7, 11) is 1.99. The van der Waals surface area contributed by atoms with Gasteiger partial charge in [0.15, 0.2) is 0 Å². The maximum Gasteiger partial charge on any atom is 0.238 e. The first-order chi connectivity index (χ1) is 11.2. The Morgan fingerprint density at radius 3 is 2.65 bits per heavy atom. The summed E-state index contributed by atoms with van der Waals surface area (Å²) in [5.41, 5.74) is 2.21. The van der Waals surface area contributed by atoms with Crippen molar-refractivity contribution in [3.63, 3.8) is 0 Å². The quantitative estimate of drug-likeness (QED) is 0.746. The minimum atomic E-state index is 0.0328. The lowest BCUT2D eigenvalue weighted by atomic mass is 10.1. The molecule has 3 nitrogen and oxygen atoms in total. The fraction of sp³-hybridized carbons (Fsp3) is 0.316. The van der Waals surface area contributed by atoms with Gasteiger partial charge in [0, 0.05) is 10.6 Å². The van der Waals surface area contributed by atoms with Crippen molar-refractivity contribution in [1.29, 1.82) is 0 Å². The van der Waals surface area contributed by atoms with Crippen LogP contribution in [0.5, 0.6) is 0 Å². The zero-order valence-corrected chi connectivity index (χ0v) is 14.6. The Morgan fingerprint density at radius 2 is 1.91 bits per heavy atom. The molecule has 0 aliphatic carbocycles. The molecule has 2 aromatic rings. The van der Waals surface area contributed by atoms with Crippen molar-refractivity contribution in [3.05, 3.63) is 60.2 Å². The molecule has 0 radical (unpaired) electrons. The molecular formula is C19H24N2OS. The summed E-state index contributed by atoms with van der Waals surface area (Å²) in [6.07, 6.45) is 4.12. The summed E-state index contributed by atoms with van der Waals surface area (Å²) in [5.74, 6) is 0.0328. The van der Waals surface area contributed by atoms with Gasteiger partial charge in [-0.05, 0) is 56.5 Å². The molecule has 0 fully saturated rings. The van der Waals surface area contributed by atoms with Crippen LogP contribution < -0.4 is 5.32 Å². The minimum absolute atomic E-state index is 0.0328. The van der Waals surface area contributed by atoms with Gasteiger partial charge in [-0.1, -0.05) is 36.4 Å². The van der Waals surface area contributed by atoms with Gasteiger partial charge in [-0.3, -0.25) is 9.69 Å². The molecule has 0 aromatic heterocycles. The molecule has 2 aromatic carbocycles. The first-order valence-electron chi connectivity index (χ1n) is 7.84. The molecule has 0 saturated carbocycles. The van der Waals surface area contributed by atoms with Crippen molar-refractivity contribution in [2.24, 2.45) is 0 Å². The van der Waals surface area contributed by atoms with Crippen LogP contribution in [-0.2, 0) is 11.2 Å². The van der Waals surface area contributed by atoms with Crippen molar-refractivity contribution in [2.45, 2.75) is 17.7 Å². The van der Waals surface area contributed by atoms with Crippen LogP contribution in [0.25, 0.3) is 0 Å². The maximum absolute atomic E-state index is 12.1. The molecule has 2 rings (SSSR count). The van der Waals surface area contributed by atoms with E-state index in [9.17, 15) is 4.79 Å². The number of nitrogens with zero attached hydrogens (tertiary/aromatic N) is 1. The summed E-state index contributed by atoms with van der Waals surface area (Å²) < 4.78 is 0. The number of thioether (sulfide) groups is 1. The predicted molar refractivity (Wildman–Crippen MR) is 99.1 cm³/mol. The monoisotopic (exact) mass is 328 g/mol. The van der Waals surface area contributed by atoms with Gasteiger partial charge >= 0.3 is 0 Å². The van der Waals surface area contributed by atoms with Gasteiger partial charge in [0.2, 0.25) is 5.91 Å². The molecule has 23 heavy (non-hydrogen) atoms. The highest BCUT2D eigenvalue weighted by atomic mass is 32.2. The third kappa shape index (κ3) is 6.47. The first-order valence-corrected chi connectivity index (χ1v) is 9.06. The number of nitrogens with one attached hydrogen (secondary N) is 1. The molecule has 0 unspecified atom stereocenters. The van der Waals surface area contributed by atoms with E-state index in [4.69, 9.17) is 0 Å². The highest BCUT2D eigenvalue weighted by Gasteiger charge is 2.07. The second kappa shape index (κ2) is 9.38. The fourth-order valence-electron chi connectivity index (χ4n) is 2.42. The lowest BCUT2D eigenvalue weighted by Gasteiger charge is -2.16. The van der Waals surface area contributed by atoms with E-state index in [0.29, 0.717) is 6.54 Å². The van der Waals surface area contributed by atoms with Crippen molar-refractivity contribution < 1.29 is 4.79 Å². The van der Waals surface area contributed by atoms with Gasteiger partial charge in [-0.25, -0.2) is 0 Å². The van der Waals surface area contributed by atoms with E-state index in [0.717, 1.165) is 30.0 Å². The Bertz CT molecular complexity index is 616. The Hall–Kier alpha value is -1.78. The Kier molecular flexibility index (Phi) is 7.17. The normalized spacial score (nSPS) is 10.7. The van der Waals surface area contributed by atoms with Crippen LogP contribution in [0.2, 0.25) is 0 Å². The van der Waals surface area contributed by atoms with E-state index in [1.54, 1.807) is 11.8 Å². The van der Waals surface area contributed by atoms with Crippen LogP contribution in [0.15, 0.2) is 59.5 Å². The number of hydrogen-bond acceptors (Lipinski definition) is 3. The molecular weight excluding hydrogens is 304 g/mol. The van der Waals surface area contributed by atoms with E-state index in [-0.39, 0.29) is 5.91 Å². The third-order valence-electron chi connectivity index (χ3n) is 3.62. The Morgan fingerprint density at radius 1 is 1.13 bits per heavy atom. The fourth-order valence-corrected chi connectivity index (χ4v) is 2.88. The van der Waals surface area contributed by atoms with Crippen molar-refractivity contribution in [1.82, 2.24) is 4.90 Å². The Balaban J connectivity index is 1.71. The summed E-state index contributed by atoms with van der Waals surface area (Å²) >= 11 is 1.67. The molecule has 0 aliphatic heterocycles. The molecule has 0 saturated heterocycles. The van der Waals surface area contributed by atoms with Crippen molar-refractivity contribution in [3.8, 4) is 0 Å². The van der Waals surface area contributed by atoms with Crippen molar-refractivity contribution in [2.75, 3.05) is 31.7 Å².